The van der Waals surface area contributed by atoms with E-state index in [1.54, 1.807) is 45.0 Å². The smallest absolute Gasteiger partial charge is 0.408 e. The Morgan fingerprint density at radius 2 is 1.72 bits per heavy atom. The molecule has 0 saturated carbocycles. The van der Waals surface area contributed by atoms with Gasteiger partial charge in [0.1, 0.15) is 17.7 Å². The van der Waals surface area contributed by atoms with Crippen LogP contribution in [0.3, 0.4) is 0 Å². The zero-order valence-electron chi connectivity index (χ0n) is 22.4. The highest BCUT2D eigenvalue weighted by Crippen LogP contribution is 2.26. The predicted octanol–water partition coefficient (Wildman–Crippen LogP) is 4.86. The summed E-state index contributed by atoms with van der Waals surface area (Å²) < 4.78 is 5.34. The van der Waals surface area contributed by atoms with Crippen LogP contribution in [0, 0.1) is 12.3 Å². The van der Waals surface area contributed by atoms with Crippen LogP contribution in [0.2, 0.25) is 0 Å². The van der Waals surface area contributed by atoms with Crippen LogP contribution in [-0.4, -0.2) is 53.3 Å². The average molecular weight is 518 g/mol. The van der Waals surface area contributed by atoms with E-state index in [-0.39, 0.29) is 11.7 Å². The molecule has 0 heterocycles. The van der Waals surface area contributed by atoms with E-state index in [0.717, 1.165) is 32.1 Å². The minimum Gasteiger partial charge on any atom is -0.444 e. The number of alkyl carbamates (subject to hydrolysis) is 1. The molecule has 7 nitrogen and oxygen atoms in total. The van der Waals surface area contributed by atoms with Crippen LogP contribution in [0.25, 0.3) is 0 Å². The molecule has 2 unspecified atom stereocenters. The van der Waals surface area contributed by atoms with Crippen LogP contribution in [-0.2, 0) is 14.3 Å². The minimum absolute atomic E-state index is 0.0456. The molecule has 0 aliphatic heterocycles. The number of amides is 3. The summed E-state index contributed by atoms with van der Waals surface area (Å²) in [6, 6.07) is 5.24. The second-order valence-corrected chi connectivity index (χ2v) is 10.1. The monoisotopic (exact) mass is 517 g/mol. The summed E-state index contributed by atoms with van der Waals surface area (Å²) in [6.45, 7) is 10.2. The van der Waals surface area contributed by atoms with Gasteiger partial charge in [-0.2, -0.15) is 12.6 Å². The van der Waals surface area contributed by atoms with E-state index in [1.165, 1.54) is 4.90 Å². The number of unbranched alkanes of at least 4 members (excludes halogenated alkanes) is 4. The van der Waals surface area contributed by atoms with Gasteiger partial charge in [0.2, 0.25) is 11.8 Å². The summed E-state index contributed by atoms with van der Waals surface area (Å²) in [6.07, 6.45) is 10.4. The van der Waals surface area contributed by atoms with Gasteiger partial charge in [0, 0.05) is 24.4 Å². The number of nitrogens with one attached hydrogen (secondary N) is 2. The lowest BCUT2D eigenvalue weighted by Crippen LogP contribution is -2.54. The van der Waals surface area contributed by atoms with E-state index in [2.05, 4.69) is 43.0 Å². The largest absolute Gasteiger partial charge is 0.444 e. The molecule has 2 N–H and O–H groups in total. The minimum atomic E-state index is -0.974. The van der Waals surface area contributed by atoms with Crippen molar-refractivity contribution in [2.45, 2.75) is 90.8 Å². The normalized spacial score (nSPS) is 12.7. The van der Waals surface area contributed by atoms with Gasteiger partial charge in [0.05, 0.1) is 0 Å². The van der Waals surface area contributed by atoms with Gasteiger partial charge in [-0.15, -0.1) is 6.42 Å². The van der Waals surface area contributed by atoms with Gasteiger partial charge in [-0.1, -0.05) is 63.7 Å². The van der Waals surface area contributed by atoms with Crippen molar-refractivity contribution in [1.82, 2.24) is 15.5 Å². The Balaban J connectivity index is 3.40. The maximum Gasteiger partial charge on any atom is 0.408 e. The van der Waals surface area contributed by atoms with Crippen molar-refractivity contribution in [1.29, 1.82) is 0 Å². The number of hydrogen-bond donors (Lipinski definition) is 3. The zero-order valence-corrected chi connectivity index (χ0v) is 23.3. The van der Waals surface area contributed by atoms with Gasteiger partial charge in [-0.3, -0.25) is 9.59 Å². The third-order valence-electron chi connectivity index (χ3n) is 5.51. The zero-order chi connectivity index (χ0) is 27.1. The van der Waals surface area contributed by atoms with Gasteiger partial charge < -0.3 is 20.3 Å². The highest BCUT2D eigenvalue weighted by molar-refractivity contribution is 7.80. The highest BCUT2D eigenvalue weighted by Gasteiger charge is 2.36. The van der Waals surface area contributed by atoms with Crippen LogP contribution in [0.4, 0.5) is 4.79 Å². The highest BCUT2D eigenvalue weighted by atomic mass is 32.1. The fourth-order valence-corrected chi connectivity index (χ4v) is 3.98. The second kappa shape index (κ2) is 16.2. The first-order chi connectivity index (χ1) is 17.1. The molecule has 0 radical (unpaired) electrons. The van der Waals surface area contributed by atoms with E-state index >= 15 is 0 Å². The van der Waals surface area contributed by atoms with Crippen molar-refractivity contribution in [2.24, 2.45) is 0 Å². The molecular weight excluding hydrogens is 474 g/mol. The average Bonchev–Trinajstić information content (AvgIpc) is 2.83. The Hall–Kier alpha value is -2.66. The Kier molecular flexibility index (Phi) is 14.1. The Morgan fingerprint density at radius 1 is 1.08 bits per heavy atom. The van der Waals surface area contributed by atoms with Crippen LogP contribution in [0.5, 0.6) is 0 Å². The lowest BCUT2D eigenvalue weighted by molar-refractivity contribution is -0.142. The number of carbonyl (C=O) groups excluding carboxylic acids is 3. The number of ether oxygens (including phenoxy) is 1. The molecule has 0 fully saturated rings. The van der Waals surface area contributed by atoms with Crippen molar-refractivity contribution < 1.29 is 19.1 Å². The summed E-state index contributed by atoms with van der Waals surface area (Å²) in [5.41, 5.74) is 0.400. The number of nitrogens with zero attached hydrogens (tertiary/aromatic N) is 1. The summed E-state index contributed by atoms with van der Waals surface area (Å²) in [7, 11) is 0. The second-order valence-electron chi connectivity index (χ2n) is 9.75. The SMILES string of the molecule is C#Cc1ccccc1C(C(=O)NCCCCC)N(CCCCC)C(=O)C(CS)NC(=O)OC(C)(C)C. The number of benzene rings is 1. The molecule has 0 aliphatic carbocycles. The van der Waals surface area contributed by atoms with Gasteiger partial charge in [-0.05, 0) is 45.2 Å². The third-order valence-corrected chi connectivity index (χ3v) is 5.87. The number of hydrogen-bond acceptors (Lipinski definition) is 5. The molecule has 200 valence electrons. The molecule has 8 heteroatoms. The number of terminal acetylenes is 1. The molecule has 0 spiro atoms. The van der Waals surface area contributed by atoms with Crippen molar-refractivity contribution in [3.63, 3.8) is 0 Å². The molecule has 2 atom stereocenters. The Morgan fingerprint density at radius 3 is 2.31 bits per heavy atom. The van der Waals surface area contributed by atoms with Gasteiger partial charge in [0.25, 0.3) is 0 Å². The molecular formula is C28H43N3O4S. The van der Waals surface area contributed by atoms with Crippen LogP contribution >= 0.6 is 12.6 Å². The summed E-state index contributed by atoms with van der Waals surface area (Å²) in [5, 5.41) is 5.62. The number of rotatable bonds is 14. The fourth-order valence-electron chi connectivity index (χ4n) is 3.73. The van der Waals surface area contributed by atoms with Gasteiger partial charge in [0.15, 0.2) is 0 Å². The van der Waals surface area contributed by atoms with Crippen LogP contribution in [0.15, 0.2) is 24.3 Å². The molecule has 3 amide bonds. The van der Waals surface area contributed by atoms with Crippen molar-refractivity contribution in [2.75, 3.05) is 18.8 Å². The van der Waals surface area contributed by atoms with E-state index < -0.39 is 29.7 Å². The topological polar surface area (TPSA) is 87.7 Å². The van der Waals surface area contributed by atoms with Gasteiger partial charge >= 0.3 is 6.09 Å². The first kappa shape index (κ1) is 31.4. The van der Waals surface area contributed by atoms with Crippen LogP contribution < -0.4 is 10.6 Å². The summed E-state index contributed by atoms with van der Waals surface area (Å²) in [5.74, 6) is 1.99. The molecule has 1 rings (SSSR count). The van der Waals surface area contributed by atoms with Crippen molar-refractivity contribution >= 4 is 30.5 Å². The van der Waals surface area contributed by atoms with E-state index in [1.807, 2.05) is 0 Å². The molecule has 1 aromatic rings. The molecule has 0 bridgehead atoms. The first-order valence-corrected chi connectivity index (χ1v) is 13.5. The number of thiol groups is 1. The van der Waals surface area contributed by atoms with Crippen molar-refractivity contribution in [3.05, 3.63) is 35.4 Å². The van der Waals surface area contributed by atoms with Gasteiger partial charge in [-0.25, -0.2) is 4.79 Å². The van der Waals surface area contributed by atoms with E-state index in [4.69, 9.17) is 11.2 Å². The maximum absolute atomic E-state index is 13.8. The standard InChI is InChI=1S/C28H43N3O4S/c1-7-10-14-18-29-25(32)24(22-17-13-12-16-21(22)9-3)31(19-15-11-8-2)26(33)23(20-36)30-27(34)35-28(4,5)6/h3,12-13,16-17,23-24,36H,7-8,10-11,14-15,18-20H2,1-2,4-6H3,(H,29,32)(H,30,34). The third kappa shape index (κ3) is 10.5. The maximum atomic E-state index is 13.8. The molecule has 0 aliphatic rings. The molecule has 0 aromatic heterocycles. The van der Waals surface area contributed by atoms with Crippen LogP contribution in [0.1, 0.15) is 90.3 Å². The Bertz CT molecular complexity index is 892. The summed E-state index contributed by atoms with van der Waals surface area (Å²) in [4.78, 5) is 41.4. The Labute approximate surface area is 222 Å². The lowest BCUT2D eigenvalue weighted by atomic mass is 9.97. The molecule has 1 aromatic carbocycles. The molecule has 36 heavy (non-hydrogen) atoms. The van der Waals surface area contributed by atoms with Crippen molar-refractivity contribution in [3.8, 4) is 12.3 Å². The summed E-state index contributed by atoms with van der Waals surface area (Å²) >= 11 is 4.32. The molecule has 0 saturated heterocycles. The quantitative estimate of drug-likeness (QED) is 0.187. The fraction of sp³-hybridized carbons (Fsp3) is 0.607. The first-order valence-electron chi connectivity index (χ1n) is 12.8. The predicted molar refractivity (Wildman–Crippen MR) is 148 cm³/mol. The lowest BCUT2D eigenvalue weighted by Gasteiger charge is -2.34. The van der Waals surface area contributed by atoms with E-state index in [0.29, 0.717) is 30.6 Å². The van der Waals surface area contributed by atoms with E-state index in [9.17, 15) is 14.4 Å². The number of carbonyl (C=O) groups is 3.